The average Bonchev–Trinajstić information content (AvgIpc) is 3.33. The summed E-state index contributed by atoms with van der Waals surface area (Å²) < 4.78 is 18.7. The van der Waals surface area contributed by atoms with E-state index in [4.69, 9.17) is 9.72 Å². The molecular weight excluding hydrogens is 409 g/mol. The van der Waals surface area contributed by atoms with Crippen LogP contribution in [0.25, 0.3) is 10.9 Å². The molecule has 4 rings (SSSR count). The zero-order chi connectivity index (χ0) is 22.7. The summed E-state index contributed by atoms with van der Waals surface area (Å²) in [6.07, 6.45) is 1.09. The zero-order valence-electron chi connectivity index (χ0n) is 18.2. The van der Waals surface area contributed by atoms with Crippen molar-refractivity contribution >= 4 is 28.6 Å². The van der Waals surface area contributed by atoms with Crippen LogP contribution in [0.5, 0.6) is 0 Å². The molecule has 0 bridgehead atoms. The average molecular weight is 435 g/mol. The third kappa shape index (κ3) is 4.72. The third-order valence-corrected chi connectivity index (χ3v) is 5.71. The lowest BCUT2D eigenvalue weighted by molar-refractivity contribution is -0.129. The first-order valence-corrected chi connectivity index (χ1v) is 10.8. The number of nitrogens with zero attached hydrogens (tertiary/aromatic N) is 2. The number of amides is 1. The number of carbonyl (C=O) groups is 2. The van der Waals surface area contributed by atoms with Crippen molar-refractivity contribution in [3.63, 3.8) is 0 Å². The van der Waals surface area contributed by atoms with Gasteiger partial charge in [0, 0.05) is 18.5 Å². The molecule has 1 aliphatic heterocycles. The Morgan fingerprint density at radius 3 is 2.47 bits per heavy atom. The van der Waals surface area contributed by atoms with Crippen LogP contribution in [0.1, 0.15) is 48.7 Å². The molecule has 1 N–H and O–H groups in total. The van der Waals surface area contributed by atoms with Crippen molar-refractivity contribution in [3.05, 3.63) is 71.5 Å². The Hall–Kier alpha value is -3.48. The minimum absolute atomic E-state index is 0.340. The Morgan fingerprint density at radius 1 is 1.06 bits per heavy atom. The van der Waals surface area contributed by atoms with E-state index in [1.165, 1.54) is 19.1 Å². The lowest BCUT2D eigenvalue weighted by Crippen LogP contribution is -2.37. The molecule has 2 aromatic carbocycles. The fourth-order valence-electron chi connectivity index (χ4n) is 3.87. The molecule has 7 heteroatoms. The van der Waals surface area contributed by atoms with Gasteiger partial charge in [0.25, 0.3) is 5.91 Å². The fraction of sp³-hybridized carbons (Fsp3) is 0.320. The van der Waals surface area contributed by atoms with Gasteiger partial charge >= 0.3 is 5.97 Å². The first-order chi connectivity index (χ1) is 15.4. The Balaban J connectivity index is 1.50. The maximum absolute atomic E-state index is 13.1. The number of esters is 1. The maximum Gasteiger partial charge on any atom is 0.342 e. The second-order valence-corrected chi connectivity index (χ2v) is 8.08. The highest BCUT2D eigenvalue weighted by Crippen LogP contribution is 2.27. The number of rotatable bonds is 6. The second-order valence-electron chi connectivity index (χ2n) is 8.08. The molecule has 0 spiro atoms. The number of carbonyl (C=O) groups excluding carboxylic acids is 2. The monoisotopic (exact) mass is 435 g/mol. The van der Waals surface area contributed by atoms with Crippen molar-refractivity contribution in [2.24, 2.45) is 0 Å². The van der Waals surface area contributed by atoms with E-state index in [-0.39, 0.29) is 11.9 Å². The molecule has 0 aliphatic carbocycles. The summed E-state index contributed by atoms with van der Waals surface area (Å²) in [5.74, 6) is -0.750. The van der Waals surface area contributed by atoms with Gasteiger partial charge in [0.15, 0.2) is 6.10 Å². The van der Waals surface area contributed by atoms with Gasteiger partial charge in [0.2, 0.25) is 0 Å². The topological polar surface area (TPSA) is 71.5 Å². The van der Waals surface area contributed by atoms with Crippen molar-refractivity contribution in [2.75, 3.05) is 18.0 Å². The van der Waals surface area contributed by atoms with E-state index in [0.717, 1.165) is 42.4 Å². The van der Waals surface area contributed by atoms with Crippen molar-refractivity contribution in [3.8, 4) is 0 Å². The van der Waals surface area contributed by atoms with E-state index in [0.29, 0.717) is 11.4 Å². The highest BCUT2D eigenvalue weighted by atomic mass is 19.1. The molecule has 0 saturated carbocycles. The first kappa shape index (κ1) is 21.7. The van der Waals surface area contributed by atoms with Crippen molar-refractivity contribution in [1.29, 1.82) is 0 Å². The van der Waals surface area contributed by atoms with E-state index in [9.17, 15) is 14.0 Å². The Labute approximate surface area is 186 Å². The number of pyridine rings is 1. The molecule has 32 heavy (non-hydrogen) atoms. The number of para-hydroxylation sites is 1. The van der Waals surface area contributed by atoms with E-state index >= 15 is 0 Å². The van der Waals surface area contributed by atoms with Crippen LogP contribution in [0.4, 0.5) is 10.2 Å². The number of hydrogen-bond donors (Lipinski definition) is 1. The van der Waals surface area contributed by atoms with Gasteiger partial charge in [-0.05, 0) is 56.5 Å². The van der Waals surface area contributed by atoms with Gasteiger partial charge in [-0.1, -0.05) is 30.3 Å². The number of ether oxygens (including phenoxy) is 1. The largest absolute Gasteiger partial charge is 0.449 e. The van der Waals surface area contributed by atoms with Gasteiger partial charge in [-0.25, -0.2) is 14.2 Å². The van der Waals surface area contributed by atoms with Crippen molar-refractivity contribution in [2.45, 2.75) is 38.8 Å². The maximum atomic E-state index is 13.1. The molecule has 2 unspecified atom stereocenters. The first-order valence-electron chi connectivity index (χ1n) is 10.8. The number of hydrogen-bond acceptors (Lipinski definition) is 5. The molecule has 0 radical (unpaired) electrons. The molecule has 1 amide bonds. The van der Waals surface area contributed by atoms with Crippen LogP contribution in [-0.4, -0.2) is 36.1 Å². The molecule has 1 aromatic heterocycles. The van der Waals surface area contributed by atoms with Gasteiger partial charge in [0.05, 0.1) is 11.6 Å². The molecule has 2 atom stereocenters. The smallest absolute Gasteiger partial charge is 0.342 e. The van der Waals surface area contributed by atoms with Crippen LogP contribution in [-0.2, 0) is 9.53 Å². The number of halogens is 1. The highest BCUT2D eigenvalue weighted by Gasteiger charge is 2.26. The van der Waals surface area contributed by atoms with Gasteiger partial charge in [-0.3, -0.25) is 4.79 Å². The zero-order valence-corrected chi connectivity index (χ0v) is 18.2. The summed E-state index contributed by atoms with van der Waals surface area (Å²) in [6, 6.07) is 14.9. The number of fused-ring (bicyclic) bond motifs is 1. The number of aromatic nitrogens is 1. The van der Waals surface area contributed by atoms with Gasteiger partial charge in [0.1, 0.15) is 17.2 Å². The Bertz CT molecular complexity index is 1130. The molecule has 1 aliphatic rings. The summed E-state index contributed by atoms with van der Waals surface area (Å²) in [5.41, 5.74) is 1.93. The molecule has 166 valence electrons. The third-order valence-electron chi connectivity index (χ3n) is 5.71. The van der Waals surface area contributed by atoms with Crippen molar-refractivity contribution in [1.82, 2.24) is 10.3 Å². The predicted octanol–water partition coefficient (Wildman–Crippen LogP) is 4.40. The SMILES string of the molecule is CC(OC(=O)c1cc2ccccc2nc1N1CCCC1)C(=O)NC(C)c1ccc(F)cc1. The van der Waals surface area contributed by atoms with E-state index in [1.54, 1.807) is 25.1 Å². The lowest BCUT2D eigenvalue weighted by atomic mass is 10.1. The summed E-state index contributed by atoms with van der Waals surface area (Å²) in [4.78, 5) is 32.5. The molecule has 6 nitrogen and oxygen atoms in total. The minimum Gasteiger partial charge on any atom is -0.449 e. The minimum atomic E-state index is -0.997. The number of anilines is 1. The van der Waals surface area contributed by atoms with Crippen molar-refractivity contribution < 1.29 is 18.7 Å². The van der Waals surface area contributed by atoms with Gasteiger partial charge < -0.3 is 15.0 Å². The highest BCUT2D eigenvalue weighted by molar-refractivity contribution is 6.00. The van der Waals surface area contributed by atoms with Crippen LogP contribution < -0.4 is 10.2 Å². The van der Waals surface area contributed by atoms with Crippen LogP contribution in [0.2, 0.25) is 0 Å². The molecule has 2 heterocycles. The van der Waals surface area contributed by atoms with Gasteiger partial charge in [-0.2, -0.15) is 0 Å². The summed E-state index contributed by atoms with van der Waals surface area (Å²) in [6.45, 7) is 4.99. The number of benzene rings is 2. The lowest BCUT2D eigenvalue weighted by Gasteiger charge is -2.22. The van der Waals surface area contributed by atoms with Crippen LogP contribution >= 0.6 is 0 Å². The van der Waals surface area contributed by atoms with E-state index in [2.05, 4.69) is 10.2 Å². The van der Waals surface area contributed by atoms with Gasteiger partial charge in [-0.15, -0.1) is 0 Å². The van der Waals surface area contributed by atoms with Crippen LogP contribution in [0, 0.1) is 5.82 Å². The van der Waals surface area contributed by atoms with Crippen LogP contribution in [0.15, 0.2) is 54.6 Å². The fourth-order valence-corrected chi connectivity index (χ4v) is 3.87. The standard InChI is InChI=1S/C25H26FN3O3/c1-16(18-9-11-20(26)12-10-18)27-24(30)17(2)32-25(31)21-15-19-7-3-4-8-22(19)28-23(21)29-13-5-6-14-29/h3-4,7-12,15-17H,5-6,13-14H2,1-2H3,(H,27,30). The quantitative estimate of drug-likeness (QED) is 0.581. The normalized spacial score (nSPS) is 15.4. The molecule has 1 saturated heterocycles. The van der Waals surface area contributed by atoms with E-state index in [1.807, 2.05) is 24.3 Å². The number of nitrogens with one attached hydrogen (secondary N) is 1. The Morgan fingerprint density at radius 2 is 1.75 bits per heavy atom. The molecular formula is C25H26FN3O3. The summed E-state index contributed by atoms with van der Waals surface area (Å²) >= 11 is 0. The van der Waals surface area contributed by atoms with E-state index < -0.39 is 18.0 Å². The predicted molar refractivity (Wildman–Crippen MR) is 121 cm³/mol. The molecule has 1 fully saturated rings. The van der Waals surface area contributed by atoms with Crippen LogP contribution in [0.3, 0.4) is 0 Å². The molecule has 3 aromatic rings. The summed E-state index contributed by atoms with van der Waals surface area (Å²) in [5, 5.41) is 3.64. The summed E-state index contributed by atoms with van der Waals surface area (Å²) in [7, 11) is 0. The Kier molecular flexibility index (Phi) is 6.35. The second kappa shape index (κ2) is 9.34.